The van der Waals surface area contributed by atoms with Crippen LogP contribution in [0.15, 0.2) is 45.6 Å². The minimum Gasteiger partial charge on any atom is -0.387 e. The van der Waals surface area contributed by atoms with E-state index in [-0.39, 0.29) is 40.7 Å². The molecule has 5 aromatic heterocycles. The van der Waals surface area contributed by atoms with E-state index in [1.807, 2.05) is 4.98 Å². The molecule has 3 aliphatic heterocycles. The van der Waals surface area contributed by atoms with E-state index in [2.05, 4.69) is 29.2 Å². The highest BCUT2D eigenvalue weighted by molar-refractivity contribution is 7.74. The summed E-state index contributed by atoms with van der Waals surface area (Å²) < 4.78 is 107. The van der Waals surface area contributed by atoms with Crippen molar-refractivity contribution in [3.05, 3.63) is 62.4 Å². The van der Waals surface area contributed by atoms with Crippen LogP contribution >= 0.6 is 30.6 Å². The molecule has 4 unspecified atom stereocenters. The lowest BCUT2D eigenvalue weighted by atomic mass is 9.99. The third-order valence-corrected chi connectivity index (χ3v) is 19.5. The van der Waals surface area contributed by atoms with E-state index in [4.69, 9.17) is 48.7 Å². The number of methoxy groups -OCH3 is 2. The summed E-state index contributed by atoms with van der Waals surface area (Å²) in [5.41, 5.74) is 7.47. The van der Waals surface area contributed by atoms with Crippen LogP contribution in [-0.2, 0) is 66.9 Å². The number of ether oxygens (including phenoxy) is 5. The monoisotopic (exact) mass is 1120 g/mol. The molecule has 13 N–H and O–H groups in total. The largest absolute Gasteiger partial charge is 0.479 e. The van der Waals surface area contributed by atoms with Gasteiger partial charge in [0.2, 0.25) is 11.7 Å². The highest BCUT2D eigenvalue weighted by Crippen LogP contribution is 2.67. The van der Waals surface area contributed by atoms with Crippen molar-refractivity contribution in [1.29, 1.82) is 0 Å². The SMILES string of the molecule is COC[C@H]1[C@@H](O)[C@H]([n+]2cn(C)c3c(=O)[nH]c(N)nc32)O[C@@H]1COP(=O)(O)OP(=O)(O)CP(=O)(O)OC[C@H]1O[C@@H](n2cnc3c(N)ncnc32)[C@H](OC)[C@@H]1P(=O)(O)OC[C@H]1O[C@@H](n2ccc(=O)[nH]c2=O)[C@H](O)[C@@H]1O. The number of aryl methyl sites for hydroxylation is 1. The molecule has 16 atom stereocenters. The molecule has 5 aromatic rings. The van der Waals surface area contributed by atoms with Gasteiger partial charge in [0.15, 0.2) is 36.2 Å². The minimum atomic E-state index is -5.69. The van der Waals surface area contributed by atoms with Gasteiger partial charge in [0.05, 0.1) is 45.9 Å². The van der Waals surface area contributed by atoms with E-state index < -0.39 is 146 Å². The summed E-state index contributed by atoms with van der Waals surface area (Å²) in [5, 5.41) is 32.8. The fourth-order valence-corrected chi connectivity index (χ4v) is 15.4. The van der Waals surface area contributed by atoms with Crippen LogP contribution in [0.2, 0.25) is 0 Å². The van der Waals surface area contributed by atoms with E-state index in [1.165, 1.54) is 34.2 Å². The zero-order chi connectivity index (χ0) is 53.1. The van der Waals surface area contributed by atoms with Crippen molar-refractivity contribution in [3.63, 3.8) is 0 Å². The van der Waals surface area contributed by atoms with E-state index in [0.717, 1.165) is 36.6 Å². The van der Waals surface area contributed by atoms with Crippen LogP contribution in [0.4, 0.5) is 11.8 Å². The second-order valence-electron chi connectivity index (χ2n) is 16.8. The number of fused-ring (bicyclic) bond motifs is 2. The van der Waals surface area contributed by atoms with Crippen LogP contribution in [0.25, 0.3) is 22.3 Å². The first kappa shape index (κ1) is 54.7. The molecule has 0 amide bonds. The number of phosphoric ester groups is 1. The quantitative estimate of drug-likeness (QED) is 0.0263. The average molecular weight is 1120 g/mol. The van der Waals surface area contributed by atoms with Gasteiger partial charge in [-0.3, -0.25) is 51.5 Å². The maximum atomic E-state index is 14.3. The summed E-state index contributed by atoms with van der Waals surface area (Å²) in [6.07, 6.45) is -11.3. The Hall–Kier alpha value is -4.54. The first-order chi connectivity index (χ1) is 34.2. The first-order valence-corrected chi connectivity index (χ1v) is 27.9. The van der Waals surface area contributed by atoms with Gasteiger partial charge >= 0.3 is 41.9 Å². The zero-order valence-electron chi connectivity index (χ0n) is 38.0. The number of nitrogen functional groups attached to an aromatic ring is 2. The zero-order valence-corrected chi connectivity index (χ0v) is 41.6. The molecule has 0 spiro atoms. The number of nitrogens with zero attached hydrogens (tertiary/aromatic N) is 8. The van der Waals surface area contributed by atoms with Gasteiger partial charge in [0.25, 0.3) is 17.1 Å². The van der Waals surface area contributed by atoms with Crippen LogP contribution in [0, 0.1) is 5.92 Å². The highest BCUT2D eigenvalue weighted by Gasteiger charge is 2.57. The number of rotatable bonds is 20. The van der Waals surface area contributed by atoms with Gasteiger partial charge in [-0.1, -0.05) is 4.98 Å². The van der Waals surface area contributed by atoms with Gasteiger partial charge in [0.1, 0.15) is 54.1 Å². The molecule has 0 saturated carbocycles. The summed E-state index contributed by atoms with van der Waals surface area (Å²) in [6.45, 7) is -3.28. The van der Waals surface area contributed by atoms with Crippen LogP contribution in [0.1, 0.15) is 18.7 Å². The van der Waals surface area contributed by atoms with Gasteiger partial charge in [0, 0.05) is 32.4 Å². The molecule has 35 nitrogen and oxygen atoms in total. The van der Waals surface area contributed by atoms with Gasteiger partial charge < -0.3 is 79.1 Å². The second-order valence-corrected chi connectivity index (χ2v) is 24.5. The topological polar surface area (TPSA) is 498 Å². The molecule has 3 saturated heterocycles. The van der Waals surface area contributed by atoms with E-state index in [1.54, 1.807) is 0 Å². The fourth-order valence-electron chi connectivity index (χ4n) is 8.65. The Morgan fingerprint density at radius 2 is 1.51 bits per heavy atom. The Kier molecular flexibility index (Phi) is 15.6. The number of aromatic nitrogens is 10. The van der Waals surface area contributed by atoms with Crippen LogP contribution in [0.5, 0.6) is 0 Å². The Morgan fingerprint density at radius 3 is 2.21 bits per heavy atom. The predicted octanol–water partition coefficient (Wildman–Crippen LogP) is -3.79. The standard InChI is InChI=1S/C34H48N12O23P4/c1-43-12-46(28-20(43)29(51)42-33(36)41-28)30-21(48)14(6-61-2)15(66-30)7-65-73(59,60)69-71(55,56)13-70(53,54)63-9-17-25(24(62-3)32(68-17)45-11-39-19-26(35)37-10-38-27(19)45)72(57,58)64-8-16-22(49)23(50)31(67-16)44-5-4-18(47)40-34(44)52/h4-5,10-12,14-17,21-25,30-32,48-50H,6-9,13H2,1-3H3,(H9-,35,36,37,38,40,41,42,47,51,52,53,54,55,56,57,58,59,60)/p+1/t14-,15-,16-,17-,21-,22-,23-,24-,25-,30-,31-,32-/m1/s1. The Bertz CT molecular complexity index is 3240. The normalized spacial score (nSPS) is 30.9. The van der Waals surface area contributed by atoms with Crippen molar-refractivity contribution in [2.24, 2.45) is 13.0 Å². The second kappa shape index (κ2) is 20.9. The molecule has 3 fully saturated rings. The summed E-state index contributed by atoms with van der Waals surface area (Å²) >= 11 is 0. The van der Waals surface area contributed by atoms with Crippen LogP contribution in [0.3, 0.4) is 0 Å². The molecule has 0 aliphatic carbocycles. The number of anilines is 2. The van der Waals surface area contributed by atoms with Crippen molar-refractivity contribution in [3.8, 4) is 0 Å². The van der Waals surface area contributed by atoms with E-state index in [9.17, 15) is 67.5 Å². The Labute approximate surface area is 407 Å². The molecule has 8 rings (SSSR count). The summed E-state index contributed by atoms with van der Waals surface area (Å²) in [7, 11) is -18.2. The van der Waals surface area contributed by atoms with Gasteiger partial charge in [-0.2, -0.15) is 0 Å². The number of aliphatic hydroxyl groups is 3. The smallest absolute Gasteiger partial charge is 0.387 e. The lowest BCUT2D eigenvalue weighted by Crippen LogP contribution is -2.45. The third kappa shape index (κ3) is 11.2. The van der Waals surface area contributed by atoms with Crippen molar-refractivity contribution in [1.82, 2.24) is 43.6 Å². The molecule has 39 heteroatoms. The average Bonchev–Trinajstić information content (AvgIpc) is 4.10. The van der Waals surface area contributed by atoms with Crippen molar-refractivity contribution in [2.75, 3.05) is 58.0 Å². The third-order valence-electron chi connectivity index (χ3n) is 11.9. The lowest BCUT2D eigenvalue weighted by molar-refractivity contribution is -0.745. The number of phosphoric acid groups is 1. The van der Waals surface area contributed by atoms with Crippen molar-refractivity contribution in [2.45, 2.75) is 67.1 Å². The Balaban J connectivity index is 0.957. The fraction of sp³-hybridized carbons (Fsp3) is 0.588. The Morgan fingerprint density at radius 1 is 0.808 bits per heavy atom. The number of aromatic amines is 2. The number of hydrogen-bond acceptors (Lipinski definition) is 25. The predicted molar refractivity (Wildman–Crippen MR) is 240 cm³/mol. The molecule has 3 aliphatic rings. The summed E-state index contributed by atoms with van der Waals surface area (Å²) in [6, 6.07) is 0.936. The maximum absolute atomic E-state index is 14.3. The van der Waals surface area contributed by atoms with Crippen molar-refractivity contribution >= 4 is 64.7 Å². The van der Waals surface area contributed by atoms with Gasteiger partial charge in [-0.15, -0.1) is 0 Å². The number of H-pyrrole nitrogens is 2. The van der Waals surface area contributed by atoms with Crippen LogP contribution in [-0.4, -0.2) is 173 Å². The van der Waals surface area contributed by atoms with E-state index >= 15 is 0 Å². The van der Waals surface area contributed by atoms with Gasteiger partial charge in [-0.25, -0.2) is 33.2 Å². The molecular weight excluding hydrogens is 1070 g/mol. The molecule has 402 valence electrons. The maximum Gasteiger partial charge on any atom is 0.479 e. The number of nitrogens with two attached hydrogens (primary N) is 2. The number of aliphatic hydroxyl groups excluding tert-OH is 3. The number of hydrogen-bond donors (Lipinski definition) is 11. The molecule has 0 radical (unpaired) electrons. The highest BCUT2D eigenvalue weighted by atomic mass is 31.3. The van der Waals surface area contributed by atoms with Gasteiger partial charge in [-0.05, 0) is 0 Å². The van der Waals surface area contributed by atoms with Crippen LogP contribution < -0.4 is 32.8 Å². The minimum absolute atomic E-state index is 0.00487. The van der Waals surface area contributed by atoms with E-state index in [0.29, 0.717) is 0 Å². The molecule has 8 heterocycles. The first-order valence-electron chi connectivity index (χ1n) is 21.2. The summed E-state index contributed by atoms with van der Waals surface area (Å²) in [5.74, 6) is -3.22. The lowest BCUT2D eigenvalue weighted by Gasteiger charge is -2.28. The number of nitrogens with one attached hydrogen (secondary N) is 2. The molecule has 0 aromatic carbocycles. The molecule has 0 bridgehead atoms. The van der Waals surface area contributed by atoms with Crippen molar-refractivity contribution < 1.29 is 99.3 Å². The number of imidazole rings is 2. The molecule has 73 heavy (non-hydrogen) atoms. The molecular formula is C34H49N12O23P4+. The summed E-state index contributed by atoms with van der Waals surface area (Å²) in [4.78, 5) is 101.